The lowest BCUT2D eigenvalue weighted by atomic mass is 10.1. The first-order chi connectivity index (χ1) is 8.60. The average Bonchev–Trinajstić information content (AvgIpc) is 2.80. The number of rotatable bonds is 4. The second-order valence-corrected chi connectivity index (χ2v) is 4.86. The molecule has 96 valence electrons. The van der Waals surface area contributed by atoms with Crippen molar-refractivity contribution in [3.05, 3.63) is 46.2 Å². The number of hydrogen-bond acceptors (Lipinski definition) is 3. The number of nitrogens with two attached hydrogens (primary N) is 1. The van der Waals surface area contributed by atoms with Gasteiger partial charge in [0.15, 0.2) is 0 Å². The molecule has 2 aromatic rings. The lowest BCUT2D eigenvalue weighted by Gasteiger charge is -2.05. The van der Waals surface area contributed by atoms with Crippen molar-refractivity contribution in [2.45, 2.75) is 32.9 Å². The van der Waals surface area contributed by atoms with Gasteiger partial charge in [0, 0.05) is 5.02 Å². The Morgan fingerprint density at radius 3 is 2.89 bits per heavy atom. The molecule has 1 aromatic carbocycles. The summed E-state index contributed by atoms with van der Waals surface area (Å²) in [6.45, 7) is 4.66. The molecule has 1 unspecified atom stereocenters. The van der Waals surface area contributed by atoms with E-state index in [4.69, 9.17) is 17.3 Å². The van der Waals surface area contributed by atoms with E-state index in [0.29, 0.717) is 6.54 Å². The molecule has 0 aliphatic heterocycles. The van der Waals surface area contributed by atoms with E-state index in [1.807, 2.05) is 38.2 Å². The second kappa shape index (κ2) is 5.50. The monoisotopic (exact) mass is 264 g/mol. The van der Waals surface area contributed by atoms with Gasteiger partial charge in [0.25, 0.3) is 0 Å². The minimum Gasteiger partial charge on any atom is -0.323 e. The third kappa shape index (κ3) is 2.89. The number of hydrogen-bond donors (Lipinski definition) is 1. The molecule has 2 rings (SSSR count). The molecule has 18 heavy (non-hydrogen) atoms. The zero-order valence-electron chi connectivity index (χ0n) is 10.6. The van der Waals surface area contributed by atoms with Crippen LogP contribution in [0, 0.1) is 6.92 Å². The smallest absolute Gasteiger partial charge is 0.0994 e. The quantitative estimate of drug-likeness (QED) is 0.924. The van der Waals surface area contributed by atoms with Crippen LogP contribution in [0.2, 0.25) is 5.02 Å². The first-order valence-electron chi connectivity index (χ1n) is 6.00. The molecule has 5 heteroatoms. The van der Waals surface area contributed by atoms with E-state index < -0.39 is 0 Å². The van der Waals surface area contributed by atoms with E-state index in [1.165, 1.54) is 0 Å². The van der Waals surface area contributed by atoms with Gasteiger partial charge in [-0.3, -0.25) is 0 Å². The highest BCUT2D eigenvalue weighted by molar-refractivity contribution is 6.31. The van der Waals surface area contributed by atoms with Gasteiger partial charge in [-0.1, -0.05) is 35.9 Å². The maximum atomic E-state index is 6.19. The summed E-state index contributed by atoms with van der Waals surface area (Å²) in [6, 6.07) is 5.95. The van der Waals surface area contributed by atoms with Crippen molar-refractivity contribution in [2.24, 2.45) is 5.73 Å². The van der Waals surface area contributed by atoms with Gasteiger partial charge >= 0.3 is 0 Å². The summed E-state index contributed by atoms with van der Waals surface area (Å²) in [5.41, 5.74) is 8.91. The summed E-state index contributed by atoms with van der Waals surface area (Å²) in [7, 11) is 0. The van der Waals surface area contributed by atoms with Crippen LogP contribution < -0.4 is 5.73 Å². The maximum Gasteiger partial charge on any atom is 0.0994 e. The molecule has 0 bridgehead atoms. The van der Waals surface area contributed by atoms with E-state index in [-0.39, 0.29) is 6.04 Å². The summed E-state index contributed by atoms with van der Waals surface area (Å²) < 4.78 is 1.77. The number of benzene rings is 1. The van der Waals surface area contributed by atoms with Crippen molar-refractivity contribution in [1.82, 2.24) is 15.0 Å². The molecule has 0 radical (unpaired) electrons. The van der Waals surface area contributed by atoms with Crippen molar-refractivity contribution in [2.75, 3.05) is 0 Å². The summed E-state index contributed by atoms with van der Waals surface area (Å²) in [5.74, 6) is 0. The number of halogens is 1. The van der Waals surface area contributed by atoms with Crippen LogP contribution in [-0.4, -0.2) is 15.0 Å². The Hall–Kier alpha value is -1.39. The fraction of sp³-hybridized carbons (Fsp3) is 0.385. The molecular weight excluding hydrogens is 248 g/mol. The minimum atomic E-state index is -0.0489. The number of aromatic nitrogens is 3. The third-order valence-corrected chi connectivity index (χ3v) is 3.27. The van der Waals surface area contributed by atoms with Gasteiger partial charge in [-0.15, -0.1) is 5.10 Å². The molecule has 0 fully saturated rings. The lowest BCUT2D eigenvalue weighted by Crippen LogP contribution is -2.08. The van der Waals surface area contributed by atoms with Crippen molar-refractivity contribution in [3.63, 3.8) is 0 Å². The largest absolute Gasteiger partial charge is 0.323 e. The predicted octanol–water partition coefficient (Wildman–Crippen LogP) is 2.70. The van der Waals surface area contributed by atoms with Crippen LogP contribution in [0.3, 0.4) is 0 Å². The Kier molecular flexibility index (Phi) is 3.99. The van der Waals surface area contributed by atoms with Gasteiger partial charge in [0.1, 0.15) is 0 Å². The Balaban J connectivity index is 2.16. The van der Waals surface area contributed by atoms with E-state index in [2.05, 4.69) is 10.3 Å². The fourth-order valence-electron chi connectivity index (χ4n) is 1.72. The Bertz CT molecular complexity index is 536. The highest BCUT2D eigenvalue weighted by atomic mass is 35.5. The van der Waals surface area contributed by atoms with Crippen molar-refractivity contribution < 1.29 is 0 Å². The summed E-state index contributed by atoms with van der Waals surface area (Å²) in [4.78, 5) is 0. The second-order valence-electron chi connectivity index (χ2n) is 4.45. The summed E-state index contributed by atoms with van der Waals surface area (Å²) in [5, 5.41) is 8.90. The fourth-order valence-corrected chi connectivity index (χ4v) is 2.02. The van der Waals surface area contributed by atoms with Crippen molar-refractivity contribution >= 4 is 11.6 Å². The van der Waals surface area contributed by atoms with Gasteiger partial charge in [-0.2, -0.15) is 0 Å². The van der Waals surface area contributed by atoms with E-state index in [1.54, 1.807) is 4.68 Å². The molecule has 0 saturated carbocycles. The molecule has 0 saturated heterocycles. The topological polar surface area (TPSA) is 56.7 Å². The van der Waals surface area contributed by atoms with Gasteiger partial charge in [0.05, 0.1) is 24.5 Å². The van der Waals surface area contributed by atoms with Crippen LogP contribution in [0.15, 0.2) is 24.4 Å². The molecule has 0 aliphatic carbocycles. The molecule has 0 spiro atoms. The van der Waals surface area contributed by atoms with Gasteiger partial charge in [-0.05, 0) is 30.5 Å². The molecule has 1 heterocycles. The van der Waals surface area contributed by atoms with E-state index >= 15 is 0 Å². The SMILES string of the molecule is CCC(N)c1cn(Cc2ccc(C)cc2Cl)nn1. The molecule has 2 N–H and O–H groups in total. The molecule has 4 nitrogen and oxygen atoms in total. The van der Waals surface area contributed by atoms with E-state index in [0.717, 1.165) is 28.3 Å². The van der Waals surface area contributed by atoms with Crippen molar-refractivity contribution in [1.29, 1.82) is 0 Å². The zero-order valence-corrected chi connectivity index (χ0v) is 11.4. The van der Waals surface area contributed by atoms with E-state index in [9.17, 15) is 0 Å². The first-order valence-corrected chi connectivity index (χ1v) is 6.38. The molecular formula is C13H17ClN4. The minimum absolute atomic E-state index is 0.0489. The van der Waals surface area contributed by atoms with Crippen LogP contribution in [0.5, 0.6) is 0 Å². The average molecular weight is 265 g/mol. The predicted molar refractivity (Wildman–Crippen MR) is 72.5 cm³/mol. The van der Waals surface area contributed by atoms with Gasteiger partial charge < -0.3 is 5.73 Å². The Labute approximate surface area is 112 Å². The summed E-state index contributed by atoms with van der Waals surface area (Å²) >= 11 is 6.19. The highest BCUT2D eigenvalue weighted by Crippen LogP contribution is 2.19. The number of aryl methyl sites for hydroxylation is 1. The maximum absolute atomic E-state index is 6.19. The normalized spacial score (nSPS) is 12.7. The highest BCUT2D eigenvalue weighted by Gasteiger charge is 2.09. The number of nitrogens with zero attached hydrogens (tertiary/aromatic N) is 3. The zero-order chi connectivity index (χ0) is 13.1. The van der Waals surface area contributed by atoms with Crippen LogP contribution in [0.25, 0.3) is 0 Å². The lowest BCUT2D eigenvalue weighted by molar-refractivity contribution is 0.644. The van der Waals surface area contributed by atoms with Crippen LogP contribution in [0.1, 0.15) is 36.2 Å². The third-order valence-electron chi connectivity index (χ3n) is 2.92. The molecule has 0 amide bonds. The molecule has 1 atom stereocenters. The Morgan fingerprint density at radius 2 is 2.22 bits per heavy atom. The van der Waals surface area contributed by atoms with Crippen LogP contribution >= 0.6 is 11.6 Å². The summed E-state index contributed by atoms with van der Waals surface area (Å²) in [6.07, 6.45) is 2.73. The van der Waals surface area contributed by atoms with Gasteiger partial charge in [0.2, 0.25) is 0 Å². The molecule has 1 aromatic heterocycles. The van der Waals surface area contributed by atoms with Gasteiger partial charge in [-0.25, -0.2) is 4.68 Å². The first kappa shape index (κ1) is 13.1. The van der Waals surface area contributed by atoms with Crippen molar-refractivity contribution in [3.8, 4) is 0 Å². The molecule has 0 aliphatic rings. The van der Waals surface area contributed by atoms with Crippen LogP contribution in [0.4, 0.5) is 0 Å². The van der Waals surface area contributed by atoms with Crippen LogP contribution in [-0.2, 0) is 6.54 Å². The standard InChI is InChI=1S/C13H17ClN4/c1-3-12(15)13-8-18(17-16-13)7-10-5-4-9(2)6-11(10)14/h4-6,8,12H,3,7,15H2,1-2H3. The Morgan fingerprint density at radius 1 is 1.44 bits per heavy atom.